The fourth-order valence-electron chi connectivity index (χ4n) is 5.75. The molecule has 3 aromatic rings. The molecule has 198 valence electrons. The summed E-state index contributed by atoms with van der Waals surface area (Å²) in [5.74, 6) is 3.49. The van der Waals surface area contributed by atoms with E-state index in [0.717, 1.165) is 55.4 Å². The smallest absolute Gasteiger partial charge is 0.212 e. The Morgan fingerprint density at radius 1 is 1.03 bits per heavy atom. The molecule has 0 saturated carbocycles. The first kappa shape index (κ1) is 24.6. The van der Waals surface area contributed by atoms with E-state index in [-0.39, 0.29) is 0 Å². The van der Waals surface area contributed by atoms with Gasteiger partial charge < -0.3 is 25.0 Å². The van der Waals surface area contributed by atoms with Gasteiger partial charge in [-0.15, -0.1) is 0 Å². The van der Waals surface area contributed by atoms with E-state index in [4.69, 9.17) is 20.2 Å². The summed E-state index contributed by atoms with van der Waals surface area (Å²) in [5, 5.41) is 0. The maximum Gasteiger partial charge on any atom is 0.212 e. The Hall–Kier alpha value is -3.76. The number of nitrogens with two attached hydrogens (primary N) is 1. The zero-order valence-corrected chi connectivity index (χ0v) is 21.9. The third-order valence-corrected chi connectivity index (χ3v) is 7.76. The highest BCUT2D eigenvalue weighted by Gasteiger charge is 2.44. The number of rotatable bonds is 9. The number of aliphatic imine (C=N–C) groups is 1. The third-order valence-electron chi connectivity index (χ3n) is 7.76. The van der Waals surface area contributed by atoms with Gasteiger partial charge in [0.25, 0.3) is 0 Å². The van der Waals surface area contributed by atoms with Crippen LogP contribution in [0, 0.1) is 5.92 Å². The van der Waals surface area contributed by atoms with Gasteiger partial charge >= 0.3 is 0 Å². The summed E-state index contributed by atoms with van der Waals surface area (Å²) < 4.78 is 11.2. The molecule has 0 aromatic carbocycles. The Labute approximate surface area is 223 Å². The van der Waals surface area contributed by atoms with Gasteiger partial charge in [0.05, 0.1) is 26.3 Å². The summed E-state index contributed by atoms with van der Waals surface area (Å²) in [6, 6.07) is 11.2. The van der Waals surface area contributed by atoms with Crippen LogP contribution in [0.15, 0.2) is 53.9 Å². The average Bonchev–Trinajstić information content (AvgIpc) is 2.94. The van der Waals surface area contributed by atoms with Crippen molar-refractivity contribution in [2.45, 2.75) is 25.0 Å². The number of hydrogen-bond donors (Lipinski definition) is 1. The lowest BCUT2D eigenvalue weighted by molar-refractivity contribution is -0.00876. The van der Waals surface area contributed by atoms with Crippen LogP contribution >= 0.6 is 0 Å². The number of hydrogen-bond acceptors (Lipinski definition) is 9. The number of piperazine rings is 1. The van der Waals surface area contributed by atoms with Crippen molar-refractivity contribution in [3.8, 4) is 22.8 Å². The van der Waals surface area contributed by atoms with Gasteiger partial charge in [-0.1, -0.05) is 6.07 Å². The number of methoxy groups -OCH3 is 1. The Bertz CT molecular complexity index is 1270. The quantitative estimate of drug-likeness (QED) is 0.341. The van der Waals surface area contributed by atoms with Crippen LogP contribution in [-0.4, -0.2) is 90.1 Å². The fraction of sp³-hybridized carbons (Fsp3) is 0.429. The van der Waals surface area contributed by atoms with Crippen molar-refractivity contribution in [3.63, 3.8) is 0 Å². The van der Waals surface area contributed by atoms with E-state index in [9.17, 15) is 0 Å². The molecule has 2 unspecified atom stereocenters. The van der Waals surface area contributed by atoms with Crippen molar-refractivity contribution >= 4 is 18.0 Å². The standard InChI is InChI=1S/C28H34N8O2/c1-34-12-20(13-34)17-38-24-8-25(28(32-11-24)33-18-29)21-4-5-26(30-10-21)35-15-22-7-23(16-35)36(22)14-19-3-6-27(37-2)31-9-19/h3-6,8-11,18,20,22-23H,7,12-17H2,1-2H3,(H2,29,32,33). The second kappa shape index (κ2) is 10.5. The molecule has 4 fully saturated rings. The van der Waals surface area contributed by atoms with Crippen molar-refractivity contribution in [1.82, 2.24) is 24.8 Å². The van der Waals surface area contributed by atoms with Crippen LogP contribution < -0.4 is 20.1 Å². The lowest BCUT2D eigenvalue weighted by Gasteiger charge is -2.56. The second-order valence-corrected chi connectivity index (χ2v) is 10.5. The van der Waals surface area contributed by atoms with Crippen LogP contribution in [0.3, 0.4) is 0 Å². The number of fused-ring (bicyclic) bond motifs is 2. The molecule has 0 amide bonds. The summed E-state index contributed by atoms with van der Waals surface area (Å²) in [6.45, 7) is 5.67. The van der Waals surface area contributed by atoms with Crippen molar-refractivity contribution in [2.24, 2.45) is 16.6 Å². The number of ether oxygens (including phenoxy) is 2. The summed E-state index contributed by atoms with van der Waals surface area (Å²) in [5.41, 5.74) is 8.60. The molecule has 10 heteroatoms. The van der Waals surface area contributed by atoms with Crippen molar-refractivity contribution in [2.75, 3.05) is 51.8 Å². The summed E-state index contributed by atoms with van der Waals surface area (Å²) in [7, 11) is 3.76. The van der Waals surface area contributed by atoms with Gasteiger partial charge in [-0.05, 0) is 37.2 Å². The molecule has 4 saturated heterocycles. The molecule has 0 aliphatic carbocycles. The van der Waals surface area contributed by atoms with Crippen LogP contribution in [0.25, 0.3) is 11.1 Å². The van der Waals surface area contributed by atoms with Crippen LogP contribution in [0.5, 0.6) is 11.6 Å². The van der Waals surface area contributed by atoms with Crippen LogP contribution in [0.1, 0.15) is 12.0 Å². The van der Waals surface area contributed by atoms with Gasteiger partial charge in [-0.25, -0.2) is 19.9 Å². The highest BCUT2D eigenvalue weighted by molar-refractivity contribution is 5.77. The minimum Gasteiger partial charge on any atom is -0.492 e. The SMILES string of the molecule is COc1ccc(CN2C3CC2CN(c2ccc(-c4cc(OCC5CN(C)C5)cnc4N=CN)cn2)C3)cn1. The average molecular weight is 515 g/mol. The predicted octanol–water partition coefficient (Wildman–Crippen LogP) is 2.57. The first-order valence-corrected chi connectivity index (χ1v) is 13.1. The minimum atomic E-state index is 0.524. The van der Waals surface area contributed by atoms with Crippen LogP contribution in [0.4, 0.5) is 11.6 Å². The molecule has 4 aliphatic heterocycles. The van der Waals surface area contributed by atoms with Crippen molar-refractivity contribution in [3.05, 3.63) is 54.5 Å². The van der Waals surface area contributed by atoms with E-state index >= 15 is 0 Å². The zero-order valence-electron chi connectivity index (χ0n) is 21.9. The molecule has 38 heavy (non-hydrogen) atoms. The number of aromatic nitrogens is 3. The Balaban J connectivity index is 1.11. The first-order valence-electron chi connectivity index (χ1n) is 13.1. The Morgan fingerprint density at radius 2 is 1.87 bits per heavy atom. The van der Waals surface area contributed by atoms with E-state index in [1.54, 1.807) is 13.3 Å². The van der Waals surface area contributed by atoms with E-state index in [1.165, 1.54) is 18.3 Å². The van der Waals surface area contributed by atoms with Gasteiger partial charge in [0.15, 0.2) is 5.82 Å². The van der Waals surface area contributed by atoms with Gasteiger partial charge in [-0.2, -0.15) is 0 Å². The monoisotopic (exact) mass is 514 g/mol. The topological polar surface area (TPSA) is 105 Å². The van der Waals surface area contributed by atoms with Crippen LogP contribution in [0.2, 0.25) is 0 Å². The molecule has 7 rings (SSSR count). The van der Waals surface area contributed by atoms with Crippen LogP contribution in [-0.2, 0) is 6.54 Å². The molecule has 0 radical (unpaired) electrons. The van der Waals surface area contributed by atoms with E-state index in [0.29, 0.717) is 36.3 Å². The maximum atomic E-state index is 6.04. The highest BCUT2D eigenvalue weighted by Crippen LogP contribution is 2.37. The molecule has 10 nitrogen and oxygen atoms in total. The number of nitrogens with zero attached hydrogens (tertiary/aromatic N) is 7. The van der Waals surface area contributed by atoms with Crippen molar-refractivity contribution < 1.29 is 9.47 Å². The fourth-order valence-corrected chi connectivity index (χ4v) is 5.75. The number of pyridine rings is 3. The van der Waals surface area contributed by atoms with Gasteiger partial charge in [0.2, 0.25) is 5.88 Å². The lowest BCUT2D eigenvalue weighted by atomic mass is 9.87. The van der Waals surface area contributed by atoms with Gasteiger partial charge in [0, 0.05) is 80.3 Å². The zero-order chi connectivity index (χ0) is 26.1. The molecular formula is C28H34N8O2. The normalized spacial score (nSPS) is 21.8. The van der Waals surface area contributed by atoms with E-state index in [2.05, 4.69) is 54.9 Å². The second-order valence-electron chi connectivity index (χ2n) is 10.5. The largest absolute Gasteiger partial charge is 0.492 e. The van der Waals surface area contributed by atoms with Gasteiger partial charge in [-0.3, -0.25) is 4.90 Å². The lowest BCUT2D eigenvalue weighted by Crippen LogP contribution is -2.68. The number of piperidine rings is 1. The molecule has 2 N–H and O–H groups in total. The van der Waals surface area contributed by atoms with E-state index < -0.39 is 0 Å². The molecular weight excluding hydrogens is 480 g/mol. The summed E-state index contributed by atoms with van der Waals surface area (Å²) >= 11 is 0. The molecule has 2 bridgehead atoms. The highest BCUT2D eigenvalue weighted by atomic mass is 16.5. The third kappa shape index (κ3) is 5.01. The van der Waals surface area contributed by atoms with Gasteiger partial charge in [0.1, 0.15) is 11.6 Å². The van der Waals surface area contributed by atoms with E-state index in [1.807, 2.05) is 24.5 Å². The molecule has 2 atom stereocenters. The summed E-state index contributed by atoms with van der Waals surface area (Å²) in [4.78, 5) is 25.2. The number of anilines is 1. The molecule has 7 heterocycles. The Morgan fingerprint density at radius 3 is 2.53 bits per heavy atom. The number of likely N-dealkylation sites (tertiary alicyclic amines) is 1. The van der Waals surface area contributed by atoms with Crippen molar-refractivity contribution in [1.29, 1.82) is 0 Å². The molecule has 0 spiro atoms. The molecule has 3 aromatic heterocycles. The maximum absolute atomic E-state index is 6.04. The minimum absolute atomic E-state index is 0.524. The predicted molar refractivity (Wildman–Crippen MR) is 147 cm³/mol. The summed E-state index contributed by atoms with van der Waals surface area (Å²) in [6.07, 6.45) is 8.02. The molecule has 4 aliphatic rings. The first-order chi connectivity index (χ1) is 18.6. The Kier molecular flexibility index (Phi) is 6.82.